The van der Waals surface area contributed by atoms with Crippen molar-refractivity contribution in [1.82, 2.24) is 9.80 Å². The van der Waals surface area contributed by atoms with Crippen molar-refractivity contribution in [3.05, 3.63) is 64.7 Å². The third-order valence-corrected chi connectivity index (χ3v) is 5.52. The lowest BCUT2D eigenvalue weighted by Crippen LogP contribution is -2.50. The SMILES string of the molecule is CCCCc1ccc(C(=O)N2CCN(CC(=O)Nc3ccccc3Cl)CC2)cc1. The molecular formula is C23H28ClN3O2. The van der Waals surface area contributed by atoms with Crippen molar-refractivity contribution in [3.63, 3.8) is 0 Å². The Labute approximate surface area is 177 Å². The highest BCUT2D eigenvalue weighted by Crippen LogP contribution is 2.20. The van der Waals surface area contributed by atoms with E-state index in [1.165, 1.54) is 18.4 Å². The molecule has 0 atom stereocenters. The molecule has 0 saturated carbocycles. The lowest BCUT2D eigenvalue weighted by Gasteiger charge is -2.34. The zero-order chi connectivity index (χ0) is 20.6. The van der Waals surface area contributed by atoms with Crippen molar-refractivity contribution < 1.29 is 9.59 Å². The van der Waals surface area contributed by atoms with Crippen LogP contribution < -0.4 is 5.32 Å². The average molecular weight is 414 g/mol. The van der Waals surface area contributed by atoms with Crippen LogP contribution in [-0.4, -0.2) is 54.3 Å². The van der Waals surface area contributed by atoms with Crippen molar-refractivity contribution in [2.45, 2.75) is 26.2 Å². The molecule has 2 aromatic rings. The molecular weight excluding hydrogens is 386 g/mol. The van der Waals surface area contributed by atoms with Gasteiger partial charge in [0, 0.05) is 31.7 Å². The van der Waals surface area contributed by atoms with Gasteiger partial charge in [-0.25, -0.2) is 0 Å². The summed E-state index contributed by atoms with van der Waals surface area (Å²) in [5.41, 5.74) is 2.63. The van der Waals surface area contributed by atoms with E-state index in [4.69, 9.17) is 11.6 Å². The largest absolute Gasteiger partial charge is 0.336 e. The van der Waals surface area contributed by atoms with Crippen molar-refractivity contribution >= 4 is 29.1 Å². The molecule has 5 nitrogen and oxygen atoms in total. The number of hydrogen-bond acceptors (Lipinski definition) is 3. The highest BCUT2D eigenvalue weighted by atomic mass is 35.5. The second-order valence-electron chi connectivity index (χ2n) is 7.40. The number of halogens is 1. The van der Waals surface area contributed by atoms with Gasteiger partial charge in [-0.05, 0) is 42.7 Å². The Hall–Kier alpha value is -2.37. The predicted molar refractivity (Wildman–Crippen MR) is 117 cm³/mol. The predicted octanol–water partition coefficient (Wildman–Crippen LogP) is 4.08. The number of nitrogens with one attached hydrogen (secondary N) is 1. The molecule has 1 aliphatic heterocycles. The van der Waals surface area contributed by atoms with Crippen LogP contribution in [0.4, 0.5) is 5.69 Å². The molecule has 6 heteroatoms. The van der Waals surface area contributed by atoms with E-state index in [-0.39, 0.29) is 11.8 Å². The maximum atomic E-state index is 12.7. The summed E-state index contributed by atoms with van der Waals surface area (Å²) in [6, 6.07) is 15.2. The molecule has 1 N–H and O–H groups in total. The van der Waals surface area contributed by atoms with Crippen molar-refractivity contribution in [2.75, 3.05) is 38.0 Å². The molecule has 1 aliphatic rings. The molecule has 0 unspecified atom stereocenters. The van der Waals surface area contributed by atoms with Crippen molar-refractivity contribution in [2.24, 2.45) is 0 Å². The zero-order valence-corrected chi connectivity index (χ0v) is 17.6. The molecule has 0 aromatic heterocycles. The maximum absolute atomic E-state index is 12.7. The summed E-state index contributed by atoms with van der Waals surface area (Å²) in [7, 11) is 0. The minimum atomic E-state index is -0.0967. The average Bonchev–Trinajstić information content (AvgIpc) is 2.74. The Bertz CT molecular complexity index is 830. The number of amides is 2. The van der Waals surface area contributed by atoms with E-state index in [2.05, 4.69) is 29.3 Å². The Kier molecular flexibility index (Phi) is 7.67. The van der Waals surface area contributed by atoms with Gasteiger partial charge < -0.3 is 10.2 Å². The van der Waals surface area contributed by atoms with Crippen LogP contribution in [0.5, 0.6) is 0 Å². The summed E-state index contributed by atoms with van der Waals surface area (Å²) in [5, 5.41) is 3.37. The highest BCUT2D eigenvalue weighted by Gasteiger charge is 2.23. The summed E-state index contributed by atoms with van der Waals surface area (Å²) in [4.78, 5) is 29.0. The van der Waals surface area contributed by atoms with Gasteiger partial charge in [-0.1, -0.05) is 49.2 Å². The molecule has 1 saturated heterocycles. The summed E-state index contributed by atoms with van der Waals surface area (Å²) in [6.45, 7) is 5.06. The molecule has 0 aliphatic carbocycles. The van der Waals surface area contributed by atoms with Crippen LogP contribution in [0.1, 0.15) is 35.7 Å². The zero-order valence-electron chi connectivity index (χ0n) is 16.9. The fourth-order valence-corrected chi connectivity index (χ4v) is 3.62. The molecule has 2 amide bonds. The minimum absolute atomic E-state index is 0.0622. The molecule has 2 aromatic carbocycles. The topological polar surface area (TPSA) is 52.7 Å². The number of rotatable bonds is 7. The standard InChI is InChI=1S/C23H28ClN3O2/c1-2-3-6-18-9-11-19(12-10-18)23(29)27-15-13-26(14-16-27)17-22(28)25-21-8-5-4-7-20(21)24/h4-5,7-12H,2-3,6,13-17H2,1H3,(H,25,28). The van der Waals surface area contributed by atoms with Crippen LogP contribution in [0.15, 0.2) is 48.5 Å². The summed E-state index contributed by atoms with van der Waals surface area (Å²) >= 11 is 6.09. The number of piperazine rings is 1. The van der Waals surface area contributed by atoms with Crippen molar-refractivity contribution in [3.8, 4) is 0 Å². The van der Waals surface area contributed by atoms with Crippen LogP contribution in [0.3, 0.4) is 0 Å². The fourth-order valence-electron chi connectivity index (χ4n) is 3.44. The molecule has 0 spiro atoms. The Balaban J connectivity index is 1.46. The van der Waals surface area contributed by atoms with Gasteiger partial charge in [-0.2, -0.15) is 0 Å². The van der Waals surface area contributed by atoms with E-state index >= 15 is 0 Å². The number of para-hydroxylation sites is 1. The Morgan fingerprint density at radius 2 is 1.69 bits per heavy atom. The van der Waals surface area contributed by atoms with E-state index in [1.807, 2.05) is 29.2 Å². The van der Waals surface area contributed by atoms with Crippen molar-refractivity contribution in [1.29, 1.82) is 0 Å². The van der Waals surface area contributed by atoms with E-state index in [0.717, 1.165) is 12.0 Å². The molecule has 0 bridgehead atoms. The summed E-state index contributed by atoms with van der Waals surface area (Å²) in [5.74, 6) is -0.0345. The first-order valence-corrected chi connectivity index (χ1v) is 10.6. The van der Waals surface area contributed by atoms with Gasteiger partial charge in [0.15, 0.2) is 0 Å². The number of hydrogen-bond donors (Lipinski definition) is 1. The quantitative estimate of drug-likeness (QED) is 0.744. The molecule has 1 fully saturated rings. The van der Waals surface area contributed by atoms with Gasteiger partial charge in [0.25, 0.3) is 5.91 Å². The van der Waals surface area contributed by atoms with Crippen LogP contribution in [0.2, 0.25) is 5.02 Å². The lowest BCUT2D eigenvalue weighted by atomic mass is 10.1. The third-order valence-electron chi connectivity index (χ3n) is 5.19. The minimum Gasteiger partial charge on any atom is -0.336 e. The molecule has 0 radical (unpaired) electrons. The van der Waals surface area contributed by atoms with Gasteiger partial charge >= 0.3 is 0 Å². The van der Waals surface area contributed by atoms with Gasteiger partial charge in [0.05, 0.1) is 17.3 Å². The maximum Gasteiger partial charge on any atom is 0.253 e. The molecule has 29 heavy (non-hydrogen) atoms. The second kappa shape index (κ2) is 10.4. The van der Waals surface area contributed by atoms with Crippen LogP contribution >= 0.6 is 11.6 Å². The van der Waals surface area contributed by atoms with Gasteiger partial charge in [-0.3, -0.25) is 14.5 Å². The number of carbonyl (C=O) groups excluding carboxylic acids is 2. The van der Waals surface area contributed by atoms with E-state index in [1.54, 1.807) is 12.1 Å². The number of nitrogens with zero attached hydrogens (tertiary/aromatic N) is 2. The number of carbonyl (C=O) groups is 2. The van der Waals surface area contributed by atoms with E-state index in [9.17, 15) is 9.59 Å². The van der Waals surface area contributed by atoms with E-state index < -0.39 is 0 Å². The molecule has 154 valence electrons. The molecule has 1 heterocycles. The Morgan fingerprint density at radius 1 is 1.00 bits per heavy atom. The lowest BCUT2D eigenvalue weighted by molar-refractivity contribution is -0.117. The highest BCUT2D eigenvalue weighted by molar-refractivity contribution is 6.33. The van der Waals surface area contributed by atoms with E-state index in [0.29, 0.717) is 43.4 Å². The van der Waals surface area contributed by atoms with Gasteiger partial charge in [-0.15, -0.1) is 0 Å². The first-order valence-electron chi connectivity index (χ1n) is 10.2. The first-order chi connectivity index (χ1) is 14.1. The van der Waals surface area contributed by atoms with Crippen LogP contribution in [0.25, 0.3) is 0 Å². The fraction of sp³-hybridized carbons (Fsp3) is 0.391. The number of anilines is 1. The number of unbranched alkanes of at least 4 members (excludes halogenated alkanes) is 1. The smallest absolute Gasteiger partial charge is 0.253 e. The Morgan fingerprint density at radius 3 is 2.34 bits per heavy atom. The summed E-state index contributed by atoms with van der Waals surface area (Å²) in [6.07, 6.45) is 3.39. The van der Waals surface area contributed by atoms with Gasteiger partial charge in [0.1, 0.15) is 0 Å². The normalized spacial score (nSPS) is 14.6. The van der Waals surface area contributed by atoms with Gasteiger partial charge in [0.2, 0.25) is 5.91 Å². The van der Waals surface area contributed by atoms with Crippen LogP contribution in [-0.2, 0) is 11.2 Å². The first kappa shape index (κ1) is 21.3. The monoisotopic (exact) mass is 413 g/mol. The number of benzene rings is 2. The third kappa shape index (κ3) is 6.05. The molecule has 3 rings (SSSR count). The number of aryl methyl sites for hydroxylation is 1. The second-order valence-corrected chi connectivity index (χ2v) is 7.80. The summed E-state index contributed by atoms with van der Waals surface area (Å²) < 4.78 is 0. The van der Waals surface area contributed by atoms with Crippen LogP contribution in [0, 0.1) is 0 Å².